The van der Waals surface area contributed by atoms with Gasteiger partial charge in [0.2, 0.25) is 5.91 Å². The van der Waals surface area contributed by atoms with Crippen molar-refractivity contribution in [2.24, 2.45) is 0 Å². The van der Waals surface area contributed by atoms with Crippen LogP contribution in [0.4, 0.5) is 0 Å². The molecule has 0 saturated carbocycles. The van der Waals surface area contributed by atoms with E-state index in [4.69, 9.17) is 11.6 Å². The molecule has 7 heteroatoms. The SMILES string of the molecule is CC(C(=O)N1CCNCC1c1cccc(Cl)c1)n1cncn1. The predicted octanol–water partition coefficient (Wildman–Crippen LogP) is 1.67. The number of nitrogens with zero attached hydrogens (tertiary/aromatic N) is 4. The Kier molecular flexibility index (Phi) is 4.40. The number of hydrogen-bond donors (Lipinski definition) is 1. The Bertz CT molecular complexity index is 645. The van der Waals surface area contributed by atoms with Gasteiger partial charge in [0.25, 0.3) is 0 Å². The van der Waals surface area contributed by atoms with Crippen molar-refractivity contribution in [1.29, 1.82) is 0 Å². The topological polar surface area (TPSA) is 63.1 Å². The molecule has 0 aliphatic carbocycles. The van der Waals surface area contributed by atoms with Crippen LogP contribution in [0.3, 0.4) is 0 Å². The van der Waals surface area contributed by atoms with Crippen LogP contribution in [0.15, 0.2) is 36.9 Å². The fourth-order valence-electron chi connectivity index (χ4n) is 2.75. The maximum Gasteiger partial charge on any atom is 0.247 e. The molecule has 2 heterocycles. The van der Waals surface area contributed by atoms with Gasteiger partial charge in [-0.3, -0.25) is 4.79 Å². The van der Waals surface area contributed by atoms with Crippen molar-refractivity contribution in [3.63, 3.8) is 0 Å². The average Bonchev–Trinajstić information content (AvgIpc) is 3.08. The van der Waals surface area contributed by atoms with Crippen molar-refractivity contribution in [2.75, 3.05) is 19.6 Å². The predicted molar refractivity (Wildman–Crippen MR) is 83.5 cm³/mol. The molecular weight excluding hydrogens is 302 g/mol. The lowest BCUT2D eigenvalue weighted by Gasteiger charge is -2.38. The molecule has 1 saturated heterocycles. The molecular formula is C15H18ClN5O. The molecule has 1 aromatic heterocycles. The first-order valence-corrected chi connectivity index (χ1v) is 7.65. The highest BCUT2D eigenvalue weighted by atomic mass is 35.5. The lowest BCUT2D eigenvalue weighted by Crippen LogP contribution is -2.50. The second kappa shape index (κ2) is 6.46. The highest BCUT2D eigenvalue weighted by molar-refractivity contribution is 6.30. The van der Waals surface area contributed by atoms with Crippen molar-refractivity contribution in [3.8, 4) is 0 Å². The number of carbonyl (C=O) groups excluding carboxylic acids is 1. The Labute approximate surface area is 134 Å². The number of aromatic nitrogens is 3. The third-order valence-corrected chi connectivity index (χ3v) is 4.19. The van der Waals surface area contributed by atoms with E-state index in [0.29, 0.717) is 11.6 Å². The zero-order valence-electron chi connectivity index (χ0n) is 12.3. The van der Waals surface area contributed by atoms with Gasteiger partial charge in [0.15, 0.2) is 0 Å². The number of carbonyl (C=O) groups is 1. The number of nitrogens with one attached hydrogen (secondary N) is 1. The van der Waals surface area contributed by atoms with Crippen molar-refractivity contribution >= 4 is 17.5 Å². The van der Waals surface area contributed by atoms with Crippen LogP contribution in [0.2, 0.25) is 5.02 Å². The lowest BCUT2D eigenvalue weighted by molar-refractivity contribution is -0.138. The summed E-state index contributed by atoms with van der Waals surface area (Å²) in [5.41, 5.74) is 1.04. The molecule has 1 aliphatic rings. The van der Waals surface area contributed by atoms with Gasteiger partial charge in [-0.15, -0.1) is 0 Å². The smallest absolute Gasteiger partial charge is 0.247 e. The van der Waals surface area contributed by atoms with E-state index in [1.54, 1.807) is 11.0 Å². The van der Waals surface area contributed by atoms with E-state index in [1.807, 2.05) is 36.1 Å². The molecule has 2 atom stereocenters. The Balaban J connectivity index is 1.85. The third-order valence-electron chi connectivity index (χ3n) is 3.95. The van der Waals surface area contributed by atoms with Gasteiger partial charge in [-0.25, -0.2) is 9.67 Å². The van der Waals surface area contributed by atoms with Gasteiger partial charge >= 0.3 is 0 Å². The first-order valence-electron chi connectivity index (χ1n) is 7.27. The fourth-order valence-corrected chi connectivity index (χ4v) is 2.95. The Morgan fingerprint density at radius 2 is 2.36 bits per heavy atom. The Morgan fingerprint density at radius 3 is 3.09 bits per heavy atom. The van der Waals surface area contributed by atoms with E-state index in [0.717, 1.165) is 18.7 Å². The van der Waals surface area contributed by atoms with E-state index >= 15 is 0 Å². The van der Waals surface area contributed by atoms with Crippen LogP contribution in [-0.2, 0) is 4.79 Å². The number of benzene rings is 1. The van der Waals surface area contributed by atoms with Crippen molar-refractivity contribution in [2.45, 2.75) is 19.0 Å². The summed E-state index contributed by atoms with van der Waals surface area (Å²) >= 11 is 6.09. The molecule has 1 aliphatic heterocycles. The zero-order valence-corrected chi connectivity index (χ0v) is 13.1. The highest BCUT2D eigenvalue weighted by Gasteiger charge is 2.31. The van der Waals surface area contributed by atoms with Gasteiger partial charge in [0.1, 0.15) is 18.7 Å². The molecule has 1 N–H and O–H groups in total. The number of halogens is 1. The number of piperazine rings is 1. The van der Waals surface area contributed by atoms with Crippen LogP contribution in [0.25, 0.3) is 0 Å². The summed E-state index contributed by atoms with van der Waals surface area (Å²) in [7, 11) is 0. The zero-order chi connectivity index (χ0) is 15.5. The minimum Gasteiger partial charge on any atom is -0.331 e. The minimum absolute atomic E-state index is 0.0223. The standard InChI is InChI=1S/C15H18ClN5O/c1-11(21-10-18-9-19-21)15(22)20-6-5-17-8-14(20)12-3-2-4-13(16)7-12/h2-4,7,9-11,14,17H,5-6,8H2,1H3. The Hall–Kier alpha value is -1.92. The average molecular weight is 320 g/mol. The molecule has 0 radical (unpaired) electrons. The van der Waals surface area contributed by atoms with Gasteiger partial charge < -0.3 is 10.2 Å². The quantitative estimate of drug-likeness (QED) is 0.934. The minimum atomic E-state index is -0.373. The molecule has 1 amide bonds. The fraction of sp³-hybridized carbons (Fsp3) is 0.400. The number of rotatable bonds is 3. The number of amides is 1. The second-order valence-electron chi connectivity index (χ2n) is 5.36. The summed E-state index contributed by atoms with van der Waals surface area (Å²) in [4.78, 5) is 18.6. The normalized spacial score (nSPS) is 19.9. The van der Waals surface area contributed by atoms with Crippen molar-refractivity contribution in [1.82, 2.24) is 25.0 Å². The van der Waals surface area contributed by atoms with Crippen LogP contribution in [0, 0.1) is 0 Å². The molecule has 116 valence electrons. The van der Waals surface area contributed by atoms with Crippen LogP contribution in [0.5, 0.6) is 0 Å². The van der Waals surface area contributed by atoms with Crippen molar-refractivity contribution in [3.05, 3.63) is 47.5 Å². The van der Waals surface area contributed by atoms with E-state index in [9.17, 15) is 4.79 Å². The molecule has 1 fully saturated rings. The van der Waals surface area contributed by atoms with E-state index in [2.05, 4.69) is 15.4 Å². The van der Waals surface area contributed by atoms with Gasteiger partial charge in [-0.1, -0.05) is 23.7 Å². The summed E-state index contributed by atoms with van der Waals surface area (Å²) in [6, 6.07) is 7.28. The second-order valence-corrected chi connectivity index (χ2v) is 5.79. The summed E-state index contributed by atoms with van der Waals surface area (Å²) in [6.45, 7) is 4.01. The third kappa shape index (κ3) is 2.98. The first-order chi connectivity index (χ1) is 10.7. The molecule has 2 aromatic rings. The monoisotopic (exact) mass is 319 g/mol. The van der Waals surface area contributed by atoms with Gasteiger partial charge in [0.05, 0.1) is 6.04 Å². The van der Waals surface area contributed by atoms with Gasteiger partial charge in [0, 0.05) is 24.7 Å². The lowest BCUT2D eigenvalue weighted by atomic mass is 10.0. The summed E-state index contributed by atoms with van der Waals surface area (Å²) in [6.07, 6.45) is 3.01. The van der Waals surface area contributed by atoms with Gasteiger partial charge in [-0.05, 0) is 24.6 Å². The largest absolute Gasteiger partial charge is 0.331 e. The maximum absolute atomic E-state index is 12.8. The molecule has 6 nitrogen and oxygen atoms in total. The van der Waals surface area contributed by atoms with Crippen molar-refractivity contribution < 1.29 is 4.79 Å². The van der Waals surface area contributed by atoms with E-state index < -0.39 is 0 Å². The van der Waals surface area contributed by atoms with Crippen LogP contribution in [0.1, 0.15) is 24.6 Å². The summed E-state index contributed by atoms with van der Waals surface area (Å²) in [5, 5.41) is 8.09. The Morgan fingerprint density at radius 1 is 1.50 bits per heavy atom. The first kappa shape index (κ1) is 15.0. The van der Waals surface area contributed by atoms with E-state index in [-0.39, 0.29) is 18.0 Å². The van der Waals surface area contributed by atoms with Crippen LogP contribution in [-0.4, -0.2) is 45.2 Å². The highest BCUT2D eigenvalue weighted by Crippen LogP contribution is 2.26. The van der Waals surface area contributed by atoms with Crippen LogP contribution < -0.4 is 5.32 Å². The molecule has 3 rings (SSSR count). The maximum atomic E-state index is 12.8. The summed E-state index contributed by atoms with van der Waals surface area (Å²) < 4.78 is 1.58. The number of hydrogen-bond acceptors (Lipinski definition) is 4. The molecule has 2 unspecified atom stereocenters. The van der Waals surface area contributed by atoms with Crippen LogP contribution >= 0.6 is 11.6 Å². The molecule has 22 heavy (non-hydrogen) atoms. The molecule has 0 spiro atoms. The van der Waals surface area contributed by atoms with Gasteiger partial charge in [-0.2, -0.15) is 5.10 Å². The van der Waals surface area contributed by atoms with E-state index in [1.165, 1.54) is 6.33 Å². The molecule has 1 aromatic carbocycles. The summed E-state index contributed by atoms with van der Waals surface area (Å²) in [5.74, 6) is 0.0389. The molecule has 0 bridgehead atoms.